The third-order valence-corrected chi connectivity index (χ3v) is 7.97. The summed E-state index contributed by atoms with van der Waals surface area (Å²) < 4.78 is 2.45. The van der Waals surface area contributed by atoms with Crippen molar-refractivity contribution < 1.29 is 0 Å². The minimum absolute atomic E-state index is 0.666. The first-order valence-electron chi connectivity index (χ1n) is 13.2. The lowest BCUT2D eigenvalue weighted by molar-refractivity contribution is 1.21. The van der Waals surface area contributed by atoms with E-state index in [9.17, 15) is 5.26 Å². The van der Waals surface area contributed by atoms with Crippen LogP contribution in [0, 0.1) is 11.3 Å². The van der Waals surface area contributed by atoms with E-state index in [1.807, 2.05) is 12.1 Å². The van der Waals surface area contributed by atoms with Crippen LogP contribution in [0.25, 0.3) is 70.9 Å². The van der Waals surface area contributed by atoms with Crippen LogP contribution in [0.1, 0.15) is 5.56 Å². The molecule has 0 amide bonds. The molecule has 39 heavy (non-hydrogen) atoms. The monoisotopic (exact) mass is 494 g/mol. The molecule has 0 atom stereocenters. The summed E-state index contributed by atoms with van der Waals surface area (Å²) >= 11 is 0. The van der Waals surface area contributed by atoms with Crippen LogP contribution in [0.5, 0.6) is 0 Å². The molecule has 0 spiro atoms. The van der Waals surface area contributed by atoms with Gasteiger partial charge in [0.05, 0.1) is 28.4 Å². The number of nitrogens with zero attached hydrogens (tertiary/aromatic N) is 2. The zero-order chi connectivity index (χ0) is 25.9. The van der Waals surface area contributed by atoms with Crippen molar-refractivity contribution in [2.24, 2.45) is 0 Å². The third-order valence-electron chi connectivity index (χ3n) is 7.97. The topological polar surface area (TPSA) is 28.7 Å². The molecule has 0 radical (unpaired) electrons. The molecule has 1 aromatic heterocycles. The molecule has 0 aliphatic heterocycles. The van der Waals surface area contributed by atoms with Gasteiger partial charge in [0, 0.05) is 21.5 Å². The molecule has 0 N–H and O–H groups in total. The second-order valence-electron chi connectivity index (χ2n) is 10.1. The molecule has 0 aliphatic rings. The number of hydrogen-bond donors (Lipinski definition) is 0. The lowest BCUT2D eigenvalue weighted by Crippen LogP contribution is -1.99. The highest BCUT2D eigenvalue weighted by atomic mass is 15.0. The second-order valence-corrected chi connectivity index (χ2v) is 10.1. The summed E-state index contributed by atoms with van der Waals surface area (Å²) in [4.78, 5) is 0. The average Bonchev–Trinajstić information content (AvgIpc) is 3.33. The van der Waals surface area contributed by atoms with Crippen LogP contribution in [0.4, 0.5) is 0 Å². The highest BCUT2D eigenvalue weighted by Gasteiger charge is 2.20. The molecular formula is C37H22N2. The van der Waals surface area contributed by atoms with Crippen LogP contribution in [0.3, 0.4) is 0 Å². The minimum Gasteiger partial charge on any atom is -0.308 e. The van der Waals surface area contributed by atoms with Gasteiger partial charge < -0.3 is 4.57 Å². The Hall–Kier alpha value is -5.39. The molecule has 1 heterocycles. The Balaban J connectivity index is 1.64. The summed E-state index contributed by atoms with van der Waals surface area (Å²) in [6.07, 6.45) is 0. The van der Waals surface area contributed by atoms with Crippen LogP contribution in [0.15, 0.2) is 133 Å². The van der Waals surface area contributed by atoms with Crippen molar-refractivity contribution >= 4 is 54.1 Å². The molecule has 0 saturated heterocycles. The van der Waals surface area contributed by atoms with Gasteiger partial charge in [0.2, 0.25) is 0 Å². The zero-order valence-electron chi connectivity index (χ0n) is 21.1. The fourth-order valence-corrected chi connectivity index (χ4v) is 6.27. The van der Waals surface area contributed by atoms with Gasteiger partial charge >= 0.3 is 0 Å². The van der Waals surface area contributed by atoms with Gasteiger partial charge in [-0.1, -0.05) is 97.1 Å². The zero-order valence-corrected chi connectivity index (χ0v) is 21.1. The summed E-state index contributed by atoms with van der Waals surface area (Å²) in [6.45, 7) is 0. The maximum Gasteiger partial charge on any atom is 0.0991 e. The SMILES string of the molecule is N#Cc1ccc(-c2c3ccccc3c(-n3c4ccccc4c4ccccc43)c3cc4ccccc4cc23)cc1. The lowest BCUT2D eigenvalue weighted by atomic mass is 9.88. The van der Waals surface area contributed by atoms with E-state index in [-0.39, 0.29) is 0 Å². The maximum absolute atomic E-state index is 9.42. The smallest absolute Gasteiger partial charge is 0.0991 e. The predicted molar refractivity (Wildman–Crippen MR) is 163 cm³/mol. The van der Waals surface area contributed by atoms with E-state index in [1.54, 1.807) is 0 Å². The Morgan fingerprint density at radius 3 is 1.59 bits per heavy atom. The quantitative estimate of drug-likeness (QED) is 0.220. The summed E-state index contributed by atoms with van der Waals surface area (Å²) in [5, 5.41) is 19.2. The normalized spacial score (nSPS) is 11.6. The summed E-state index contributed by atoms with van der Waals surface area (Å²) in [5.41, 5.74) is 6.56. The number of benzene rings is 7. The van der Waals surface area contributed by atoms with Gasteiger partial charge in [0.25, 0.3) is 0 Å². The number of hydrogen-bond acceptors (Lipinski definition) is 1. The van der Waals surface area contributed by atoms with Crippen LogP contribution < -0.4 is 0 Å². The number of fused-ring (bicyclic) bond motifs is 6. The molecule has 180 valence electrons. The molecule has 2 nitrogen and oxygen atoms in total. The second kappa shape index (κ2) is 8.31. The van der Waals surface area contributed by atoms with Crippen LogP contribution in [-0.2, 0) is 0 Å². The van der Waals surface area contributed by atoms with E-state index in [1.165, 1.54) is 65.4 Å². The van der Waals surface area contributed by atoms with E-state index in [2.05, 4.69) is 132 Å². The minimum atomic E-state index is 0.666. The Morgan fingerprint density at radius 1 is 0.462 bits per heavy atom. The van der Waals surface area contributed by atoms with E-state index < -0.39 is 0 Å². The van der Waals surface area contributed by atoms with Crippen LogP contribution in [-0.4, -0.2) is 4.57 Å². The van der Waals surface area contributed by atoms with Gasteiger partial charge in [-0.15, -0.1) is 0 Å². The van der Waals surface area contributed by atoms with Crippen molar-refractivity contribution in [3.63, 3.8) is 0 Å². The maximum atomic E-state index is 9.42. The van der Waals surface area contributed by atoms with Gasteiger partial charge in [-0.05, 0) is 69.1 Å². The lowest BCUT2D eigenvalue weighted by Gasteiger charge is -2.20. The first-order chi connectivity index (χ1) is 19.3. The Bertz CT molecular complexity index is 2230. The number of aromatic nitrogens is 1. The van der Waals surface area contributed by atoms with E-state index >= 15 is 0 Å². The largest absolute Gasteiger partial charge is 0.308 e. The third kappa shape index (κ3) is 3.14. The van der Waals surface area contributed by atoms with Crippen molar-refractivity contribution in [3.05, 3.63) is 139 Å². The first-order valence-corrected chi connectivity index (χ1v) is 13.2. The molecule has 8 aromatic rings. The fraction of sp³-hybridized carbons (Fsp3) is 0. The van der Waals surface area contributed by atoms with Gasteiger partial charge in [-0.2, -0.15) is 5.26 Å². The summed E-state index contributed by atoms with van der Waals surface area (Å²) in [6, 6.07) is 49.7. The van der Waals surface area contributed by atoms with Crippen molar-refractivity contribution in [1.29, 1.82) is 5.26 Å². The van der Waals surface area contributed by atoms with Gasteiger partial charge in [-0.25, -0.2) is 0 Å². The highest BCUT2D eigenvalue weighted by Crippen LogP contribution is 2.45. The van der Waals surface area contributed by atoms with Gasteiger partial charge in [0.1, 0.15) is 0 Å². The highest BCUT2D eigenvalue weighted by molar-refractivity contribution is 6.22. The number of rotatable bonds is 2. The molecule has 7 aromatic carbocycles. The Labute approximate surface area is 225 Å². The summed E-state index contributed by atoms with van der Waals surface area (Å²) in [7, 11) is 0. The number of nitriles is 1. The molecule has 2 heteroatoms. The van der Waals surface area contributed by atoms with Gasteiger partial charge in [0.15, 0.2) is 0 Å². The van der Waals surface area contributed by atoms with Crippen LogP contribution >= 0.6 is 0 Å². The van der Waals surface area contributed by atoms with Crippen molar-refractivity contribution in [1.82, 2.24) is 4.57 Å². The Morgan fingerprint density at radius 2 is 0.974 bits per heavy atom. The van der Waals surface area contributed by atoms with E-state index in [0.717, 1.165) is 5.56 Å². The Kier molecular flexibility index (Phi) is 4.62. The van der Waals surface area contributed by atoms with E-state index in [4.69, 9.17) is 0 Å². The predicted octanol–water partition coefficient (Wildman–Crippen LogP) is 9.78. The van der Waals surface area contributed by atoms with E-state index in [0.29, 0.717) is 5.56 Å². The van der Waals surface area contributed by atoms with Crippen molar-refractivity contribution in [2.75, 3.05) is 0 Å². The molecule has 8 rings (SSSR count). The standard InChI is InChI=1S/C37H22N2/c38-23-24-17-19-25(20-18-24)36-30-13-3-4-14-31(30)37(33-22-27-10-2-1-9-26(27)21-32(33)36)39-34-15-7-5-11-28(34)29-12-6-8-16-35(29)39/h1-22H. The molecule has 0 aliphatic carbocycles. The average molecular weight is 495 g/mol. The fourth-order valence-electron chi connectivity index (χ4n) is 6.27. The number of para-hydroxylation sites is 2. The van der Waals surface area contributed by atoms with Crippen molar-refractivity contribution in [2.45, 2.75) is 0 Å². The molecule has 0 unspecified atom stereocenters. The summed E-state index contributed by atoms with van der Waals surface area (Å²) in [5.74, 6) is 0. The first kappa shape index (κ1) is 21.7. The molecule has 0 saturated carbocycles. The molecule has 0 bridgehead atoms. The van der Waals surface area contributed by atoms with Gasteiger partial charge in [-0.3, -0.25) is 0 Å². The van der Waals surface area contributed by atoms with Crippen molar-refractivity contribution in [3.8, 4) is 22.9 Å². The molecular weight excluding hydrogens is 472 g/mol. The molecule has 0 fully saturated rings. The van der Waals surface area contributed by atoms with Crippen LogP contribution in [0.2, 0.25) is 0 Å².